The Labute approximate surface area is 215 Å². The Morgan fingerprint density at radius 1 is 1.14 bits per heavy atom. The van der Waals surface area contributed by atoms with Crippen LogP contribution < -0.4 is 10.1 Å². The van der Waals surface area contributed by atoms with Crippen LogP contribution in [0.1, 0.15) is 73.1 Å². The molecule has 1 spiro atoms. The minimum absolute atomic E-state index is 0.0141. The molecule has 3 aromatic rings. The number of hydrogen-bond acceptors (Lipinski definition) is 5. The summed E-state index contributed by atoms with van der Waals surface area (Å²) in [7, 11) is 1.46. The van der Waals surface area contributed by atoms with E-state index >= 15 is 0 Å². The molecular weight excluding hydrogens is 475 g/mol. The van der Waals surface area contributed by atoms with Gasteiger partial charge in [0, 0.05) is 36.3 Å². The Hall–Kier alpha value is -3.69. The molecule has 1 aromatic carbocycles. The minimum Gasteiger partial charge on any atom is -0.481 e. The number of aromatic amines is 1. The molecule has 2 fully saturated rings. The lowest BCUT2D eigenvalue weighted by molar-refractivity contribution is -0.00257. The number of amides is 2. The molecule has 2 aromatic heterocycles. The highest BCUT2D eigenvalue weighted by atomic mass is 19.1. The van der Waals surface area contributed by atoms with Gasteiger partial charge in [0.25, 0.3) is 11.8 Å². The summed E-state index contributed by atoms with van der Waals surface area (Å²) in [6.07, 6.45) is 3.52. The number of H-pyrrole nitrogens is 1. The van der Waals surface area contributed by atoms with Crippen LogP contribution in [0.5, 0.6) is 5.88 Å². The molecule has 10 heteroatoms. The number of nitrogens with one attached hydrogen (secondary N) is 2. The predicted molar refractivity (Wildman–Crippen MR) is 135 cm³/mol. The normalized spacial score (nSPS) is 18.9. The average molecular weight is 509 g/mol. The summed E-state index contributed by atoms with van der Waals surface area (Å²) >= 11 is 0. The Morgan fingerprint density at radius 3 is 2.46 bits per heavy atom. The molecule has 0 radical (unpaired) electrons. The van der Waals surface area contributed by atoms with Crippen LogP contribution in [0.25, 0.3) is 5.69 Å². The minimum atomic E-state index is -0.453. The van der Waals surface area contributed by atoms with Gasteiger partial charge >= 0.3 is 0 Å². The maximum atomic E-state index is 14.3. The van der Waals surface area contributed by atoms with Crippen molar-refractivity contribution >= 4 is 11.8 Å². The molecule has 37 heavy (non-hydrogen) atoms. The topological polar surface area (TPSA) is 105 Å². The molecule has 1 unspecified atom stereocenters. The summed E-state index contributed by atoms with van der Waals surface area (Å²) < 4.78 is 21.0. The van der Waals surface area contributed by atoms with Gasteiger partial charge in [0.15, 0.2) is 5.69 Å². The van der Waals surface area contributed by atoms with E-state index in [1.807, 2.05) is 6.07 Å². The monoisotopic (exact) mass is 508 g/mol. The van der Waals surface area contributed by atoms with Gasteiger partial charge in [0.2, 0.25) is 5.88 Å². The van der Waals surface area contributed by atoms with Crippen LogP contribution in [0.3, 0.4) is 0 Å². The largest absolute Gasteiger partial charge is 0.481 e. The predicted octanol–water partition coefficient (Wildman–Crippen LogP) is 3.86. The molecular formula is C27H33FN6O3. The highest BCUT2D eigenvalue weighted by molar-refractivity contribution is 5.93. The summed E-state index contributed by atoms with van der Waals surface area (Å²) in [6, 6.07) is 9.64. The van der Waals surface area contributed by atoms with Gasteiger partial charge in [-0.1, -0.05) is 32.9 Å². The second-order valence-corrected chi connectivity index (χ2v) is 11.1. The summed E-state index contributed by atoms with van der Waals surface area (Å²) in [6.45, 7) is 7.34. The van der Waals surface area contributed by atoms with E-state index in [9.17, 15) is 14.0 Å². The van der Waals surface area contributed by atoms with Crippen molar-refractivity contribution in [2.75, 3.05) is 20.2 Å². The Balaban J connectivity index is 1.23. The van der Waals surface area contributed by atoms with Crippen LogP contribution in [-0.4, -0.2) is 62.9 Å². The van der Waals surface area contributed by atoms with Crippen LogP contribution in [0.15, 0.2) is 36.4 Å². The fourth-order valence-corrected chi connectivity index (χ4v) is 5.30. The Morgan fingerprint density at radius 2 is 1.86 bits per heavy atom. The van der Waals surface area contributed by atoms with Crippen molar-refractivity contribution in [1.82, 2.24) is 30.2 Å². The van der Waals surface area contributed by atoms with Gasteiger partial charge in [-0.2, -0.15) is 14.9 Å². The van der Waals surface area contributed by atoms with E-state index in [-0.39, 0.29) is 45.9 Å². The van der Waals surface area contributed by atoms with E-state index in [0.717, 1.165) is 31.4 Å². The number of carbonyl (C=O) groups excluding carboxylic acids is 2. The molecule has 2 N–H and O–H groups in total. The summed E-state index contributed by atoms with van der Waals surface area (Å²) in [4.78, 5) is 27.9. The van der Waals surface area contributed by atoms with E-state index in [0.29, 0.717) is 18.8 Å². The van der Waals surface area contributed by atoms with E-state index in [1.54, 1.807) is 29.2 Å². The first-order valence-electron chi connectivity index (χ1n) is 12.7. The summed E-state index contributed by atoms with van der Waals surface area (Å²) in [5.41, 5.74) is 1.62. The number of likely N-dealkylation sites (tertiary alicyclic amines) is 1. The highest BCUT2D eigenvalue weighted by Gasteiger charge is 2.49. The first kappa shape index (κ1) is 25.0. The number of aromatic nitrogens is 4. The molecule has 2 amide bonds. The number of carbonyl (C=O) groups is 2. The quantitative estimate of drug-likeness (QED) is 0.545. The van der Waals surface area contributed by atoms with E-state index in [2.05, 4.69) is 41.4 Å². The SMILES string of the molecule is COc1cc(C(=O)N2CCC3(CCC3NC(=O)c3cc(C(C)(C)C)[nH]n3)CC2)nn1-c1ccccc1F. The van der Waals surface area contributed by atoms with Gasteiger partial charge in [-0.15, -0.1) is 0 Å². The van der Waals surface area contributed by atoms with Crippen molar-refractivity contribution in [2.45, 2.75) is 57.9 Å². The van der Waals surface area contributed by atoms with Crippen molar-refractivity contribution in [3.8, 4) is 11.6 Å². The van der Waals surface area contributed by atoms with Crippen LogP contribution >= 0.6 is 0 Å². The maximum absolute atomic E-state index is 14.3. The van der Waals surface area contributed by atoms with Gasteiger partial charge in [-0.25, -0.2) is 4.39 Å². The summed E-state index contributed by atoms with van der Waals surface area (Å²) in [5, 5.41) is 14.7. The molecule has 2 aliphatic rings. The zero-order valence-electron chi connectivity index (χ0n) is 21.7. The smallest absolute Gasteiger partial charge is 0.274 e. The van der Waals surface area contributed by atoms with Crippen molar-refractivity contribution in [1.29, 1.82) is 0 Å². The van der Waals surface area contributed by atoms with Crippen molar-refractivity contribution in [3.63, 3.8) is 0 Å². The highest BCUT2D eigenvalue weighted by Crippen LogP contribution is 2.49. The maximum Gasteiger partial charge on any atom is 0.274 e. The first-order valence-corrected chi connectivity index (χ1v) is 12.7. The molecule has 1 aliphatic carbocycles. The molecule has 1 saturated heterocycles. The number of piperidine rings is 1. The van der Waals surface area contributed by atoms with Gasteiger partial charge in [-0.3, -0.25) is 14.7 Å². The van der Waals surface area contributed by atoms with Crippen LogP contribution in [0.2, 0.25) is 0 Å². The third-order valence-corrected chi connectivity index (χ3v) is 7.83. The van der Waals surface area contributed by atoms with Gasteiger partial charge in [-0.05, 0) is 49.3 Å². The lowest BCUT2D eigenvalue weighted by Gasteiger charge is -2.53. The third-order valence-electron chi connectivity index (χ3n) is 7.83. The third kappa shape index (κ3) is 4.60. The molecule has 1 saturated carbocycles. The van der Waals surface area contributed by atoms with E-state index < -0.39 is 5.82 Å². The lowest BCUT2D eigenvalue weighted by Crippen LogP contribution is -2.59. The molecule has 196 valence electrons. The number of halogens is 1. The molecule has 1 aliphatic heterocycles. The molecule has 9 nitrogen and oxygen atoms in total. The lowest BCUT2D eigenvalue weighted by atomic mass is 9.59. The van der Waals surface area contributed by atoms with Crippen LogP contribution in [-0.2, 0) is 5.41 Å². The summed E-state index contributed by atoms with van der Waals surface area (Å²) in [5.74, 6) is -0.545. The molecule has 3 heterocycles. The fourth-order valence-electron chi connectivity index (χ4n) is 5.30. The fraction of sp³-hybridized carbons (Fsp3) is 0.481. The van der Waals surface area contributed by atoms with Gasteiger partial charge in [0.1, 0.15) is 17.2 Å². The standard InChI is InChI=1S/C27H33FN6O3/c1-26(2,3)22-15-18(30-31-22)24(35)29-21-9-10-27(21)11-13-33(14-12-27)25(36)19-16-23(37-4)34(32-19)20-8-6-5-7-17(20)28/h5-8,15-16,21H,9-14H2,1-4H3,(H,29,35)(H,30,31). The first-order chi connectivity index (χ1) is 17.6. The van der Waals surface area contributed by atoms with Crippen molar-refractivity contribution in [2.24, 2.45) is 5.41 Å². The van der Waals surface area contributed by atoms with E-state index in [1.165, 1.54) is 17.9 Å². The van der Waals surface area contributed by atoms with Gasteiger partial charge in [0.05, 0.1) is 7.11 Å². The van der Waals surface area contributed by atoms with Crippen LogP contribution in [0, 0.1) is 11.2 Å². The number of para-hydroxylation sites is 1. The number of rotatable bonds is 5. The number of methoxy groups -OCH3 is 1. The van der Waals surface area contributed by atoms with E-state index in [4.69, 9.17) is 4.74 Å². The second kappa shape index (κ2) is 9.32. The van der Waals surface area contributed by atoms with Crippen molar-refractivity contribution < 1.29 is 18.7 Å². The zero-order valence-corrected chi connectivity index (χ0v) is 21.7. The Bertz CT molecular complexity index is 1320. The molecule has 1 atom stereocenters. The Kier molecular flexibility index (Phi) is 6.29. The van der Waals surface area contributed by atoms with Gasteiger partial charge < -0.3 is 15.0 Å². The molecule has 5 rings (SSSR count). The second-order valence-electron chi connectivity index (χ2n) is 11.1. The zero-order chi connectivity index (χ0) is 26.4. The van der Waals surface area contributed by atoms with Crippen LogP contribution in [0.4, 0.5) is 4.39 Å². The number of hydrogen-bond donors (Lipinski definition) is 2. The number of nitrogens with zero attached hydrogens (tertiary/aromatic N) is 4. The number of ether oxygens (including phenoxy) is 1. The number of benzene rings is 1. The van der Waals surface area contributed by atoms with Crippen molar-refractivity contribution in [3.05, 3.63) is 59.3 Å². The molecule has 0 bridgehead atoms. The average Bonchev–Trinajstić information content (AvgIpc) is 3.54.